The van der Waals surface area contributed by atoms with Gasteiger partial charge in [0.25, 0.3) is 0 Å². The molecule has 3 saturated carbocycles. The normalized spacial score (nSPS) is 36.7. The van der Waals surface area contributed by atoms with Gasteiger partial charge in [-0.15, -0.1) is 0 Å². The summed E-state index contributed by atoms with van der Waals surface area (Å²) in [5, 5.41) is 26.6. The molecule has 63 heavy (non-hydrogen) atoms. The molecular weight excluding hydrogens is 826 g/mol. The van der Waals surface area contributed by atoms with Crippen molar-refractivity contribution >= 4 is 41.9 Å². The van der Waals surface area contributed by atoms with Crippen LogP contribution in [0.4, 0.5) is 9.59 Å². The molecule has 344 valence electrons. The van der Waals surface area contributed by atoms with Crippen LogP contribution in [-0.4, -0.2) is 124 Å². The lowest BCUT2D eigenvalue weighted by Gasteiger charge is -2.67. The Morgan fingerprint density at radius 1 is 0.937 bits per heavy atom. The first kappa shape index (κ1) is 45.9. The standard InChI is InChI=1S/C45H57NO17/c1-20-27-31(57-21(2)47)33(51)43(11)25(49)17-26-44(19-56-26,61-22(3)48)32(43)35(59-36(52)23-15-13-12-14-16-23)45(42(27,9)10)34(60-39(55)63-45)30(20)58-37(53)29(50)28(24-18-41(24,7)8)46-38(54)62-40(4,5)6/h12-16,24-26,28-32,34-35,49-50H,17-19H2,1-11H3,(H,46,54)/t24-,25+,26-,28+,29-,30-,31-,32?,34?,35+,43-,44+,45-/m1/s1. The maximum atomic E-state index is 15.6. The third kappa shape index (κ3) is 7.25. The van der Waals surface area contributed by atoms with Gasteiger partial charge in [-0.1, -0.05) is 45.9 Å². The number of esters is 4. The molecule has 1 aromatic carbocycles. The van der Waals surface area contributed by atoms with E-state index in [0.717, 1.165) is 13.8 Å². The number of benzene rings is 1. The van der Waals surface area contributed by atoms with Gasteiger partial charge in [0.15, 0.2) is 41.9 Å². The van der Waals surface area contributed by atoms with Gasteiger partial charge in [0.05, 0.1) is 35.6 Å². The zero-order valence-electron chi connectivity index (χ0n) is 37.3. The fraction of sp³-hybridized carbons (Fsp3) is 0.667. The molecule has 4 aliphatic carbocycles. The van der Waals surface area contributed by atoms with Crippen molar-refractivity contribution in [2.45, 2.75) is 155 Å². The molecule has 2 saturated heterocycles. The monoisotopic (exact) mass is 883 g/mol. The number of ether oxygens (including phenoxy) is 8. The number of carbonyl (C=O) groups is 7. The van der Waals surface area contributed by atoms with Crippen molar-refractivity contribution in [2.75, 3.05) is 6.61 Å². The summed E-state index contributed by atoms with van der Waals surface area (Å²) in [4.78, 5) is 97.8. The summed E-state index contributed by atoms with van der Waals surface area (Å²) in [5.74, 6) is -6.95. The zero-order valence-corrected chi connectivity index (χ0v) is 37.3. The van der Waals surface area contributed by atoms with E-state index in [9.17, 15) is 39.0 Å². The lowest BCUT2D eigenvalue weighted by atomic mass is 9.44. The summed E-state index contributed by atoms with van der Waals surface area (Å²) >= 11 is 0. The number of carbonyl (C=O) groups excluding carboxylic acids is 7. The van der Waals surface area contributed by atoms with E-state index >= 15 is 4.79 Å². The van der Waals surface area contributed by atoms with Crippen LogP contribution in [0.15, 0.2) is 41.5 Å². The molecule has 1 aromatic rings. The van der Waals surface area contributed by atoms with Gasteiger partial charge < -0.3 is 53.4 Å². The van der Waals surface area contributed by atoms with Crippen molar-refractivity contribution in [3.8, 4) is 0 Å². The van der Waals surface area contributed by atoms with Crippen LogP contribution in [0.2, 0.25) is 0 Å². The Labute approximate surface area is 364 Å². The second-order valence-corrected chi connectivity index (χ2v) is 20.1. The number of amides is 1. The number of aliphatic hydroxyl groups is 2. The summed E-state index contributed by atoms with van der Waals surface area (Å²) in [6, 6.07) is 6.52. The summed E-state index contributed by atoms with van der Waals surface area (Å²) in [7, 11) is 0. The maximum Gasteiger partial charge on any atom is 0.509 e. The Bertz CT molecular complexity index is 2140. The van der Waals surface area contributed by atoms with E-state index in [1.165, 1.54) is 26.0 Å². The number of aliphatic hydroxyl groups excluding tert-OH is 2. The Morgan fingerprint density at radius 2 is 1.57 bits per heavy atom. The molecular formula is C45H57NO17. The predicted molar refractivity (Wildman–Crippen MR) is 214 cm³/mol. The molecule has 2 unspecified atom stereocenters. The van der Waals surface area contributed by atoms with Gasteiger partial charge in [-0.2, -0.15) is 0 Å². The molecule has 7 rings (SSSR count). The molecule has 2 heterocycles. The Morgan fingerprint density at radius 3 is 2.11 bits per heavy atom. The van der Waals surface area contributed by atoms with Gasteiger partial charge in [0.2, 0.25) is 5.60 Å². The number of alkyl carbamates (subject to hydrolysis) is 1. The number of fused-ring (bicyclic) bond motifs is 4. The summed E-state index contributed by atoms with van der Waals surface area (Å²) in [6.45, 7) is 16.5. The summed E-state index contributed by atoms with van der Waals surface area (Å²) < 4.78 is 48.4. The quantitative estimate of drug-likeness (QED) is 0.182. The molecule has 3 N–H and O–H groups in total. The fourth-order valence-electron chi connectivity index (χ4n) is 11.1. The van der Waals surface area contributed by atoms with Crippen LogP contribution in [0.1, 0.15) is 99.4 Å². The van der Waals surface area contributed by atoms with Crippen LogP contribution < -0.4 is 5.32 Å². The second kappa shape index (κ2) is 15.3. The van der Waals surface area contributed by atoms with Crippen molar-refractivity contribution in [2.24, 2.45) is 28.1 Å². The number of rotatable bonds is 9. The Balaban J connectivity index is 1.45. The summed E-state index contributed by atoms with van der Waals surface area (Å²) in [5.41, 5.74) is -9.38. The van der Waals surface area contributed by atoms with Gasteiger partial charge in [-0.05, 0) is 75.7 Å². The largest absolute Gasteiger partial charge is 0.509 e. The Hall–Kier alpha value is -5.07. The molecule has 5 fully saturated rings. The lowest BCUT2D eigenvalue weighted by molar-refractivity contribution is -0.345. The number of hydrogen-bond acceptors (Lipinski definition) is 17. The first-order valence-electron chi connectivity index (χ1n) is 21.1. The average Bonchev–Trinajstić information content (AvgIpc) is 3.65. The smallest absolute Gasteiger partial charge is 0.454 e. The highest BCUT2D eigenvalue weighted by Crippen LogP contribution is 2.67. The Kier molecular flexibility index (Phi) is 11.1. The minimum atomic E-state index is -2.36. The van der Waals surface area contributed by atoms with Gasteiger partial charge in [0.1, 0.15) is 11.7 Å². The van der Waals surface area contributed by atoms with Crippen molar-refractivity contribution in [1.82, 2.24) is 5.32 Å². The molecule has 2 bridgehead atoms. The van der Waals surface area contributed by atoms with Gasteiger partial charge in [-0.25, -0.2) is 19.2 Å². The van der Waals surface area contributed by atoms with Crippen molar-refractivity contribution < 1.29 is 81.7 Å². The van der Waals surface area contributed by atoms with E-state index in [0.29, 0.717) is 6.42 Å². The highest BCUT2D eigenvalue weighted by atomic mass is 16.8. The van der Waals surface area contributed by atoms with Crippen molar-refractivity contribution in [1.29, 1.82) is 0 Å². The van der Waals surface area contributed by atoms with Crippen LogP contribution in [-0.2, 0) is 57.1 Å². The topological polar surface area (TPSA) is 246 Å². The SMILES string of the molecule is CC(=O)O[C@H]1C(=O)[C@@]2(C)C([C@H](OC(=O)c3ccccc3)[C@]34OC(=O)OC3[C@H](OC(=O)[C@H](O)[C@@H](NC(=O)OC(C)(C)C)[C@H]3CC3(C)C)C(C)=C1C4(C)C)[C@]1(OC(C)=O)CO[C@@H]1C[C@@H]2O. The van der Waals surface area contributed by atoms with E-state index in [-0.39, 0.29) is 29.7 Å². The summed E-state index contributed by atoms with van der Waals surface area (Å²) in [6.07, 6.45) is -14.0. The number of hydrogen-bond donors (Lipinski definition) is 3. The molecule has 2 aliphatic heterocycles. The second-order valence-electron chi connectivity index (χ2n) is 20.1. The van der Waals surface area contributed by atoms with E-state index in [4.69, 9.17) is 37.9 Å². The van der Waals surface area contributed by atoms with Crippen LogP contribution in [0.5, 0.6) is 0 Å². The van der Waals surface area contributed by atoms with Crippen LogP contribution in [0.3, 0.4) is 0 Å². The predicted octanol–water partition coefficient (Wildman–Crippen LogP) is 3.66. The third-order valence-corrected chi connectivity index (χ3v) is 14.2. The molecule has 0 radical (unpaired) electrons. The first-order valence-corrected chi connectivity index (χ1v) is 21.1. The first-order chi connectivity index (χ1) is 29.1. The van der Waals surface area contributed by atoms with Crippen molar-refractivity contribution in [3.63, 3.8) is 0 Å². The average molecular weight is 884 g/mol. The van der Waals surface area contributed by atoms with E-state index in [2.05, 4.69) is 5.32 Å². The van der Waals surface area contributed by atoms with Crippen molar-refractivity contribution in [3.05, 3.63) is 47.0 Å². The van der Waals surface area contributed by atoms with Gasteiger partial charge in [0, 0.05) is 25.7 Å². The third-order valence-electron chi connectivity index (χ3n) is 14.2. The number of ketones is 1. The molecule has 18 heteroatoms. The zero-order chi connectivity index (χ0) is 46.6. The van der Waals surface area contributed by atoms with Gasteiger partial charge >= 0.3 is 36.1 Å². The minimum absolute atomic E-state index is 0.0288. The fourth-order valence-corrected chi connectivity index (χ4v) is 11.1. The molecule has 1 spiro atoms. The lowest BCUT2D eigenvalue weighted by Crippen LogP contribution is -2.83. The van der Waals surface area contributed by atoms with E-state index in [1.807, 2.05) is 13.8 Å². The van der Waals surface area contributed by atoms with Crippen LogP contribution >= 0.6 is 0 Å². The maximum absolute atomic E-state index is 15.6. The van der Waals surface area contributed by atoms with Crippen LogP contribution in [0, 0.1) is 28.1 Å². The minimum Gasteiger partial charge on any atom is -0.454 e. The van der Waals surface area contributed by atoms with Gasteiger partial charge in [-0.3, -0.25) is 14.4 Å². The number of Topliss-reactive ketones (excluding diaryl/α,β-unsaturated/α-hetero) is 1. The number of nitrogens with one attached hydrogen (secondary N) is 1. The molecule has 0 aromatic heterocycles. The molecule has 13 atom stereocenters. The van der Waals surface area contributed by atoms with Crippen LogP contribution in [0.25, 0.3) is 0 Å². The molecule has 1 amide bonds. The highest BCUT2D eigenvalue weighted by Gasteiger charge is 2.83. The van der Waals surface area contributed by atoms with E-state index < -0.39 is 136 Å². The highest BCUT2D eigenvalue weighted by molar-refractivity contribution is 5.96. The van der Waals surface area contributed by atoms with E-state index in [1.54, 1.807) is 52.8 Å². The molecule has 18 nitrogen and oxygen atoms in total. The molecule has 6 aliphatic rings.